The smallest absolute Gasteiger partial charge is 0.155 e. The van der Waals surface area contributed by atoms with Crippen molar-refractivity contribution in [3.05, 3.63) is 37.2 Å². The van der Waals surface area contributed by atoms with Crippen LogP contribution in [0.5, 0.6) is 0 Å². The average molecular weight is 197 g/mol. The molecule has 0 aromatic carbocycles. The van der Waals surface area contributed by atoms with Crippen molar-refractivity contribution in [2.75, 3.05) is 0 Å². The van der Waals surface area contributed by atoms with Gasteiger partial charge < -0.3 is 0 Å². The third-order valence-electron chi connectivity index (χ3n) is 2.19. The zero-order valence-electron chi connectivity index (χ0n) is 7.75. The largest absolute Gasteiger partial charge is 0.261 e. The van der Waals surface area contributed by atoms with Crippen LogP contribution in [0.3, 0.4) is 0 Å². The Bertz CT molecular complexity index is 587. The number of fused-ring (bicyclic) bond motifs is 1. The lowest BCUT2D eigenvalue weighted by molar-refractivity contribution is 1.10. The summed E-state index contributed by atoms with van der Waals surface area (Å²) >= 11 is 0. The van der Waals surface area contributed by atoms with Crippen molar-refractivity contribution in [2.24, 2.45) is 0 Å². The molecule has 3 aromatic rings. The first-order valence-corrected chi connectivity index (χ1v) is 4.48. The summed E-state index contributed by atoms with van der Waals surface area (Å²) in [6.07, 6.45) is 8.55. The monoisotopic (exact) mass is 197 g/mol. The maximum atomic E-state index is 4.24. The highest BCUT2D eigenvalue weighted by atomic mass is 15.1. The summed E-state index contributed by atoms with van der Waals surface area (Å²) in [6, 6.07) is 2.00. The van der Waals surface area contributed by atoms with E-state index in [1.807, 2.05) is 6.07 Å². The van der Waals surface area contributed by atoms with E-state index in [9.17, 15) is 0 Å². The van der Waals surface area contributed by atoms with E-state index in [1.165, 1.54) is 6.33 Å². The van der Waals surface area contributed by atoms with Gasteiger partial charge in [0.05, 0.1) is 6.20 Å². The first kappa shape index (κ1) is 8.05. The number of pyridine rings is 1. The molecule has 5 heteroatoms. The zero-order valence-corrected chi connectivity index (χ0v) is 7.75. The Morgan fingerprint density at radius 3 is 2.67 bits per heavy atom. The standard InChI is InChI=1S/C10H7N5/c1-7(9-2-11-6-12-3-9)4-13-10-8(1)5-14-15-10/h1-6H,(H,13,14,15). The summed E-state index contributed by atoms with van der Waals surface area (Å²) < 4.78 is 0. The van der Waals surface area contributed by atoms with Crippen molar-refractivity contribution < 1.29 is 0 Å². The Morgan fingerprint density at radius 2 is 1.80 bits per heavy atom. The molecule has 0 unspecified atom stereocenters. The Labute approximate surface area is 85.2 Å². The summed E-state index contributed by atoms with van der Waals surface area (Å²) in [5, 5.41) is 7.71. The molecule has 3 heterocycles. The van der Waals surface area contributed by atoms with Gasteiger partial charge in [0.15, 0.2) is 5.65 Å². The van der Waals surface area contributed by atoms with Crippen LogP contribution in [0, 0.1) is 0 Å². The molecule has 0 radical (unpaired) electrons. The molecule has 0 aliphatic heterocycles. The number of aromatic nitrogens is 5. The van der Waals surface area contributed by atoms with Crippen LogP contribution in [0.4, 0.5) is 0 Å². The summed E-state index contributed by atoms with van der Waals surface area (Å²) in [7, 11) is 0. The number of H-pyrrole nitrogens is 1. The number of nitrogens with one attached hydrogen (secondary N) is 1. The van der Waals surface area contributed by atoms with Crippen LogP contribution in [0.15, 0.2) is 37.2 Å². The Morgan fingerprint density at radius 1 is 0.933 bits per heavy atom. The van der Waals surface area contributed by atoms with Gasteiger partial charge in [-0.25, -0.2) is 15.0 Å². The van der Waals surface area contributed by atoms with Crippen LogP contribution in [0.2, 0.25) is 0 Å². The predicted octanol–water partition coefficient (Wildman–Crippen LogP) is 1.41. The number of nitrogens with zero attached hydrogens (tertiary/aromatic N) is 4. The molecule has 0 spiro atoms. The van der Waals surface area contributed by atoms with Gasteiger partial charge in [0, 0.05) is 35.1 Å². The molecule has 5 nitrogen and oxygen atoms in total. The summed E-state index contributed by atoms with van der Waals surface area (Å²) in [4.78, 5) is 12.2. The van der Waals surface area contributed by atoms with Crippen molar-refractivity contribution >= 4 is 11.0 Å². The van der Waals surface area contributed by atoms with Crippen molar-refractivity contribution in [3.63, 3.8) is 0 Å². The third kappa shape index (κ3) is 1.34. The second-order valence-electron chi connectivity index (χ2n) is 3.16. The molecule has 72 valence electrons. The molecule has 0 saturated heterocycles. The molecule has 0 aliphatic carbocycles. The van der Waals surface area contributed by atoms with Gasteiger partial charge in [-0.2, -0.15) is 5.10 Å². The van der Waals surface area contributed by atoms with Crippen LogP contribution in [-0.4, -0.2) is 25.1 Å². The van der Waals surface area contributed by atoms with E-state index in [2.05, 4.69) is 25.1 Å². The molecule has 0 aliphatic rings. The van der Waals surface area contributed by atoms with E-state index >= 15 is 0 Å². The lowest BCUT2D eigenvalue weighted by Crippen LogP contribution is -1.84. The van der Waals surface area contributed by atoms with E-state index in [1.54, 1.807) is 24.8 Å². The highest BCUT2D eigenvalue weighted by Gasteiger charge is 2.01. The number of hydrogen-bond donors (Lipinski definition) is 1. The van der Waals surface area contributed by atoms with E-state index in [0.717, 1.165) is 22.2 Å². The normalized spacial score (nSPS) is 10.7. The first-order valence-electron chi connectivity index (χ1n) is 4.48. The third-order valence-corrected chi connectivity index (χ3v) is 2.19. The van der Waals surface area contributed by atoms with Crippen LogP contribution in [-0.2, 0) is 0 Å². The zero-order chi connectivity index (χ0) is 10.1. The topological polar surface area (TPSA) is 67.3 Å². The number of rotatable bonds is 1. The number of hydrogen-bond acceptors (Lipinski definition) is 4. The van der Waals surface area contributed by atoms with Gasteiger partial charge in [-0.1, -0.05) is 0 Å². The average Bonchev–Trinajstić information content (AvgIpc) is 2.77. The fraction of sp³-hybridized carbons (Fsp3) is 0. The van der Waals surface area contributed by atoms with E-state index in [0.29, 0.717) is 0 Å². The van der Waals surface area contributed by atoms with Crippen LogP contribution in [0.1, 0.15) is 0 Å². The molecule has 0 fully saturated rings. The molecular weight excluding hydrogens is 190 g/mol. The van der Waals surface area contributed by atoms with Gasteiger partial charge >= 0.3 is 0 Å². The molecule has 0 bridgehead atoms. The molecule has 3 aromatic heterocycles. The highest BCUT2D eigenvalue weighted by molar-refractivity contribution is 5.79. The number of aromatic amines is 1. The molecule has 15 heavy (non-hydrogen) atoms. The molecule has 0 amide bonds. The quantitative estimate of drug-likeness (QED) is 0.640. The Balaban J connectivity index is 2.19. The fourth-order valence-electron chi connectivity index (χ4n) is 1.44. The maximum absolute atomic E-state index is 4.24. The van der Waals surface area contributed by atoms with Gasteiger partial charge in [0.2, 0.25) is 0 Å². The summed E-state index contributed by atoms with van der Waals surface area (Å²) in [5.41, 5.74) is 2.73. The molecule has 0 saturated carbocycles. The van der Waals surface area contributed by atoms with E-state index in [4.69, 9.17) is 0 Å². The van der Waals surface area contributed by atoms with Gasteiger partial charge in [-0.05, 0) is 6.07 Å². The van der Waals surface area contributed by atoms with Crippen LogP contribution < -0.4 is 0 Å². The summed E-state index contributed by atoms with van der Waals surface area (Å²) in [6.45, 7) is 0. The van der Waals surface area contributed by atoms with Crippen molar-refractivity contribution in [3.8, 4) is 11.1 Å². The molecule has 3 rings (SSSR count). The second kappa shape index (κ2) is 3.13. The minimum atomic E-state index is 0.788. The minimum absolute atomic E-state index is 0.788. The summed E-state index contributed by atoms with van der Waals surface area (Å²) in [5.74, 6) is 0. The van der Waals surface area contributed by atoms with Gasteiger partial charge in [0.1, 0.15) is 6.33 Å². The highest BCUT2D eigenvalue weighted by Crippen LogP contribution is 2.19. The second-order valence-corrected chi connectivity index (χ2v) is 3.16. The van der Waals surface area contributed by atoms with Gasteiger partial charge in [0.25, 0.3) is 0 Å². The van der Waals surface area contributed by atoms with Gasteiger partial charge in [-0.3, -0.25) is 5.10 Å². The van der Waals surface area contributed by atoms with Crippen LogP contribution in [0.25, 0.3) is 22.2 Å². The van der Waals surface area contributed by atoms with E-state index < -0.39 is 0 Å². The predicted molar refractivity (Wildman–Crippen MR) is 54.9 cm³/mol. The van der Waals surface area contributed by atoms with Gasteiger partial charge in [-0.15, -0.1) is 0 Å². The maximum Gasteiger partial charge on any atom is 0.155 e. The molecule has 0 atom stereocenters. The molecular formula is C10H7N5. The Kier molecular flexibility index (Phi) is 1.68. The van der Waals surface area contributed by atoms with Crippen molar-refractivity contribution in [2.45, 2.75) is 0 Å². The first-order chi connectivity index (χ1) is 7.43. The SMILES string of the molecule is c1ncc(-c2cnc3[nH]ncc3c2)cn1. The van der Waals surface area contributed by atoms with E-state index in [-0.39, 0.29) is 0 Å². The van der Waals surface area contributed by atoms with Crippen molar-refractivity contribution in [1.82, 2.24) is 25.1 Å². The fourth-order valence-corrected chi connectivity index (χ4v) is 1.44. The minimum Gasteiger partial charge on any atom is -0.261 e. The molecule has 1 N–H and O–H groups in total. The van der Waals surface area contributed by atoms with Crippen molar-refractivity contribution in [1.29, 1.82) is 0 Å². The Hall–Kier alpha value is -2.30. The lowest BCUT2D eigenvalue weighted by Gasteiger charge is -1.98. The lowest BCUT2D eigenvalue weighted by atomic mass is 10.1. The van der Waals surface area contributed by atoms with Crippen LogP contribution >= 0.6 is 0 Å².